The number of fused-ring (bicyclic) bond motifs is 1. The largest absolute Gasteiger partial charge is 0.497 e. The summed E-state index contributed by atoms with van der Waals surface area (Å²) >= 11 is 0. The zero-order chi connectivity index (χ0) is 20.9. The molecule has 7 nitrogen and oxygen atoms in total. The van der Waals surface area contributed by atoms with Crippen LogP contribution in [-0.4, -0.2) is 47.9 Å². The summed E-state index contributed by atoms with van der Waals surface area (Å²) in [4.78, 5) is 26.7. The van der Waals surface area contributed by atoms with Crippen LogP contribution in [-0.2, 0) is 16.0 Å². The average molecular weight is 390 g/mol. The van der Waals surface area contributed by atoms with Crippen LogP contribution in [0.5, 0.6) is 5.75 Å². The number of ether oxygens (including phenoxy) is 2. The molecule has 28 heavy (non-hydrogen) atoms. The Bertz CT molecular complexity index is 802. The van der Waals surface area contributed by atoms with Gasteiger partial charge in [-0.05, 0) is 63.8 Å². The minimum atomic E-state index is -1.20. The quantitative estimate of drug-likeness (QED) is 0.805. The molecule has 2 aliphatic rings. The van der Waals surface area contributed by atoms with E-state index in [2.05, 4.69) is 0 Å². The van der Waals surface area contributed by atoms with Crippen LogP contribution in [0.25, 0.3) is 0 Å². The van der Waals surface area contributed by atoms with Gasteiger partial charge >= 0.3 is 12.1 Å². The number of hydrogen-bond donors (Lipinski definition) is 2. The summed E-state index contributed by atoms with van der Waals surface area (Å²) in [5, 5.41) is 10.2. The van der Waals surface area contributed by atoms with Crippen LogP contribution in [0.15, 0.2) is 18.2 Å². The Morgan fingerprint density at radius 2 is 2.00 bits per heavy atom. The molecule has 1 amide bonds. The van der Waals surface area contributed by atoms with Crippen molar-refractivity contribution in [2.75, 3.05) is 20.2 Å². The highest BCUT2D eigenvalue weighted by atomic mass is 16.6. The summed E-state index contributed by atoms with van der Waals surface area (Å²) in [5.74, 6) is -0.227. The summed E-state index contributed by atoms with van der Waals surface area (Å²) in [6, 6.07) is 4.90. The first-order chi connectivity index (χ1) is 12.9. The SMILES string of the molecule is COc1ccc2c(c1)CC1(CCN(C(=O)OC(C)(C)C)C1)C(C)(C(=O)O)C2N. The summed E-state index contributed by atoms with van der Waals surface area (Å²) in [6.07, 6.45) is 0.663. The van der Waals surface area contributed by atoms with E-state index in [9.17, 15) is 14.7 Å². The molecule has 1 spiro atoms. The van der Waals surface area contributed by atoms with Gasteiger partial charge in [0.15, 0.2) is 0 Å². The Morgan fingerprint density at radius 1 is 1.32 bits per heavy atom. The first-order valence-electron chi connectivity index (χ1n) is 9.57. The second-order valence-corrected chi connectivity index (χ2v) is 9.16. The lowest BCUT2D eigenvalue weighted by Crippen LogP contribution is -2.57. The topological polar surface area (TPSA) is 102 Å². The zero-order valence-corrected chi connectivity index (χ0v) is 17.2. The smallest absolute Gasteiger partial charge is 0.410 e. The van der Waals surface area contributed by atoms with Gasteiger partial charge in [-0.15, -0.1) is 0 Å². The van der Waals surface area contributed by atoms with Crippen molar-refractivity contribution in [1.29, 1.82) is 0 Å². The molecular formula is C21H30N2O5. The van der Waals surface area contributed by atoms with Crippen LogP contribution >= 0.6 is 0 Å². The Hall–Kier alpha value is -2.28. The number of carbonyl (C=O) groups is 2. The third-order valence-electron chi connectivity index (χ3n) is 6.39. The predicted molar refractivity (Wildman–Crippen MR) is 104 cm³/mol. The van der Waals surface area contributed by atoms with Crippen LogP contribution < -0.4 is 10.5 Å². The molecule has 1 aliphatic carbocycles. The van der Waals surface area contributed by atoms with E-state index in [0.717, 1.165) is 11.1 Å². The molecule has 1 aromatic rings. The molecular weight excluding hydrogens is 360 g/mol. The summed E-state index contributed by atoms with van der Waals surface area (Å²) in [5.41, 5.74) is 5.87. The molecule has 0 bridgehead atoms. The minimum absolute atomic E-state index is 0.301. The Balaban J connectivity index is 2.01. The van der Waals surface area contributed by atoms with Gasteiger partial charge in [-0.3, -0.25) is 4.79 Å². The van der Waals surface area contributed by atoms with Crippen molar-refractivity contribution in [1.82, 2.24) is 4.90 Å². The number of nitrogens with zero attached hydrogens (tertiary/aromatic N) is 1. The first-order valence-corrected chi connectivity index (χ1v) is 9.57. The number of carbonyl (C=O) groups excluding carboxylic acids is 1. The van der Waals surface area contributed by atoms with E-state index in [0.29, 0.717) is 31.7 Å². The second kappa shape index (κ2) is 6.65. The molecule has 3 atom stereocenters. The molecule has 1 fully saturated rings. The first kappa shape index (κ1) is 20.5. The third-order valence-corrected chi connectivity index (χ3v) is 6.39. The van der Waals surface area contributed by atoms with Gasteiger partial charge < -0.3 is 25.2 Å². The molecule has 3 rings (SSSR count). The minimum Gasteiger partial charge on any atom is -0.497 e. The fourth-order valence-electron chi connectivity index (χ4n) is 4.64. The summed E-state index contributed by atoms with van der Waals surface area (Å²) in [7, 11) is 1.60. The Kier molecular flexibility index (Phi) is 4.86. The number of carboxylic acids is 1. The fourth-order valence-corrected chi connectivity index (χ4v) is 4.64. The van der Waals surface area contributed by atoms with Gasteiger partial charge in [0, 0.05) is 24.5 Å². The van der Waals surface area contributed by atoms with Gasteiger partial charge in [0.25, 0.3) is 0 Å². The van der Waals surface area contributed by atoms with Crippen LogP contribution in [0.1, 0.15) is 51.3 Å². The van der Waals surface area contributed by atoms with Gasteiger partial charge in [-0.25, -0.2) is 4.79 Å². The number of amides is 1. The highest BCUT2D eigenvalue weighted by Gasteiger charge is 2.62. The molecule has 154 valence electrons. The predicted octanol–water partition coefficient (Wildman–Crippen LogP) is 2.97. The van der Waals surface area contributed by atoms with Crippen LogP contribution in [0.3, 0.4) is 0 Å². The normalized spacial score (nSPS) is 29.5. The van der Waals surface area contributed by atoms with E-state index >= 15 is 0 Å². The Labute approximate surface area is 165 Å². The standard InChI is InChI=1S/C21H30N2O5/c1-19(2,3)28-18(26)23-9-8-21(12-23)11-13-10-14(27-5)6-7-15(13)16(22)20(21,4)17(24)25/h6-7,10,16H,8-9,11-12,22H2,1-5H3,(H,24,25). The van der Waals surface area contributed by atoms with E-state index in [1.165, 1.54) is 0 Å². The van der Waals surface area contributed by atoms with Gasteiger partial charge in [0.2, 0.25) is 0 Å². The Morgan fingerprint density at radius 3 is 2.57 bits per heavy atom. The third kappa shape index (κ3) is 3.11. The molecule has 0 radical (unpaired) electrons. The van der Waals surface area contributed by atoms with Crippen LogP contribution in [0.4, 0.5) is 4.79 Å². The van der Waals surface area contributed by atoms with Crippen molar-refractivity contribution in [3.05, 3.63) is 29.3 Å². The van der Waals surface area contributed by atoms with Gasteiger partial charge in [0.1, 0.15) is 11.4 Å². The van der Waals surface area contributed by atoms with E-state index < -0.39 is 34.5 Å². The lowest BCUT2D eigenvalue weighted by molar-refractivity contribution is -0.160. The molecule has 1 heterocycles. The van der Waals surface area contributed by atoms with Crippen molar-refractivity contribution in [2.24, 2.45) is 16.6 Å². The highest BCUT2D eigenvalue weighted by Crippen LogP contribution is 2.58. The van der Waals surface area contributed by atoms with Gasteiger partial charge in [-0.2, -0.15) is 0 Å². The van der Waals surface area contributed by atoms with Crippen LogP contribution in [0, 0.1) is 10.8 Å². The molecule has 3 unspecified atom stereocenters. The van der Waals surface area contributed by atoms with Crippen molar-refractivity contribution >= 4 is 12.1 Å². The number of carboxylic acid groups (broad SMARTS) is 1. The molecule has 0 saturated carbocycles. The molecule has 1 aromatic carbocycles. The lowest BCUT2D eigenvalue weighted by Gasteiger charge is -2.51. The molecule has 3 N–H and O–H groups in total. The monoisotopic (exact) mass is 390 g/mol. The highest BCUT2D eigenvalue weighted by molar-refractivity contribution is 5.79. The van der Waals surface area contributed by atoms with Crippen molar-refractivity contribution in [2.45, 2.75) is 52.2 Å². The van der Waals surface area contributed by atoms with E-state index in [4.69, 9.17) is 15.2 Å². The number of methoxy groups -OCH3 is 1. The van der Waals surface area contributed by atoms with Gasteiger partial charge in [-0.1, -0.05) is 6.07 Å². The molecule has 0 aromatic heterocycles. The second-order valence-electron chi connectivity index (χ2n) is 9.16. The average Bonchev–Trinajstić information content (AvgIpc) is 3.03. The van der Waals surface area contributed by atoms with Crippen molar-refractivity contribution in [3.8, 4) is 5.75 Å². The molecule has 1 saturated heterocycles. The number of likely N-dealkylation sites (tertiary alicyclic amines) is 1. The summed E-state index contributed by atoms with van der Waals surface area (Å²) in [6.45, 7) is 7.91. The number of hydrogen-bond acceptors (Lipinski definition) is 5. The van der Waals surface area contributed by atoms with E-state index in [1.54, 1.807) is 25.0 Å². The fraction of sp³-hybridized carbons (Fsp3) is 0.619. The molecule has 7 heteroatoms. The number of aliphatic carboxylic acids is 1. The van der Waals surface area contributed by atoms with Crippen molar-refractivity contribution in [3.63, 3.8) is 0 Å². The van der Waals surface area contributed by atoms with E-state index in [-0.39, 0.29) is 0 Å². The zero-order valence-electron chi connectivity index (χ0n) is 17.2. The van der Waals surface area contributed by atoms with Crippen LogP contribution in [0.2, 0.25) is 0 Å². The maximum atomic E-state index is 12.6. The maximum absolute atomic E-state index is 12.6. The maximum Gasteiger partial charge on any atom is 0.410 e. The molecule has 1 aliphatic heterocycles. The number of benzene rings is 1. The van der Waals surface area contributed by atoms with Crippen molar-refractivity contribution < 1.29 is 24.2 Å². The van der Waals surface area contributed by atoms with E-state index in [1.807, 2.05) is 32.9 Å². The van der Waals surface area contributed by atoms with Gasteiger partial charge in [0.05, 0.1) is 12.5 Å². The number of nitrogens with two attached hydrogens (primary N) is 1. The number of rotatable bonds is 2. The lowest BCUT2D eigenvalue weighted by atomic mass is 9.53. The summed E-state index contributed by atoms with van der Waals surface area (Å²) < 4.78 is 10.8.